The van der Waals surface area contributed by atoms with Gasteiger partial charge in [0.2, 0.25) is 0 Å². The van der Waals surface area contributed by atoms with Crippen molar-refractivity contribution in [2.45, 2.75) is 18.9 Å². The van der Waals surface area contributed by atoms with E-state index < -0.39 is 6.09 Å². The lowest BCUT2D eigenvalue weighted by Gasteiger charge is -2.18. The molecule has 17 heavy (non-hydrogen) atoms. The zero-order valence-electron chi connectivity index (χ0n) is 9.63. The van der Waals surface area contributed by atoms with Crippen molar-refractivity contribution in [1.82, 2.24) is 5.32 Å². The first-order chi connectivity index (χ1) is 8.31. The van der Waals surface area contributed by atoms with Crippen molar-refractivity contribution in [2.75, 3.05) is 13.2 Å². The fourth-order valence-electron chi connectivity index (χ4n) is 1.87. The summed E-state index contributed by atoms with van der Waals surface area (Å²) in [5.41, 5.74) is 1.11. The Morgan fingerprint density at radius 2 is 2.12 bits per heavy atom. The summed E-state index contributed by atoms with van der Waals surface area (Å²) in [5, 5.41) is 11.4. The van der Waals surface area contributed by atoms with Crippen LogP contribution < -0.4 is 5.32 Å². The van der Waals surface area contributed by atoms with Gasteiger partial charge in [0, 0.05) is 0 Å². The van der Waals surface area contributed by atoms with Gasteiger partial charge < -0.3 is 15.2 Å². The smallest absolute Gasteiger partial charge is 0.407 e. The predicted molar refractivity (Wildman–Crippen MR) is 63.5 cm³/mol. The largest absolute Gasteiger partial charge is 0.447 e. The number of hydrogen-bond acceptors (Lipinski definition) is 3. The zero-order valence-corrected chi connectivity index (χ0v) is 9.63. The summed E-state index contributed by atoms with van der Waals surface area (Å²) in [4.78, 5) is 11.5. The Kier molecular flexibility index (Phi) is 3.98. The van der Waals surface area contributed by atoms with Gasteiger partial charge in [0.1, 0.15) is 6.61 Å². The number of benzene rings is 1. The van der Waals surface area contributed by atoms with Crippen LogP contribution in [0.4, 0.5) is 4.79 Å². The summed E-state index contributed by atoms with van der Waals surface area (Å²) in [7, 11) is 0. The Labute approximate surface area is 101 Å². The number of amides is 1. The molecule has 0 bridgehead atoms. The molecule has 1 aliphatic carbocycles. The zero-order chi connectivity index (χ0) is 12.1. The molecule has 1 aliphatic rings. The minimum absolute atomic E-state index is 0.0300. The summed E-state index contributed by atoms with van der Waals surface area (Å²) in [6, 6.07) is 9.93. The third-order valence-electron chi connectivity index (χ3n) is 2.85. The molecule has 0 aromatic heterocycles. The van der Waals surface area contributed by atoms with E-state index in [1.165, 1.54) is 0 Å². The Hall–Kier alpha value is -1.55. The molecule has 0 heterocycles. The van der Waals surface area contributed by atoms with Crippen LogP contribution >= 0.6 is 0 Å². The average molecular weight is 235 g/mol. The lowest BCUT2D eigenvalue weighted by Crippen LogP contribution is -2.31. The molecule has 0 spiro atoms. The van der Waals surface area contributed by atoms with E-state index in [4.69, 9.17) is 9.84 Å². The second-order valence-corrected chi connectivity index (χ2v) is 4.23. The van der Waals surface area contributed by atoms with Crippen LogP contribution in [0.5, 0.6) is 0 Å². The van der Waals surface area contributed by atoms with E-state index >= 15 is 0 Å². The number of hydrogen-bond donors (Lipinski definition) is 2. The normalized spacial score (nSPS) is 16.3. The summed E-state index contributed by atoms with van der Waals surface area (Å²) in [5.74, 6) is 0.513. The van der Waals surface area contributed by atoms with Gasteiger partial charge in [0.15, 0.2) is 0 Å². The molecular weight excluding hydrogens is 218 g/mol. The molecule has 0 radical (unpaired) electrons. The predicted octanol–water partition coefficient (Wildman–Crippen LogP) is 1.86. The van der Waals surface area contributed by atoms with Crippen LogP contribution in [-0.2, 0) is 4.74 Å². The minimum atomic E-state index is -0.459. The van der Waals surface area contributed by atoms with Gasteiger partial charge in [-0.2, -0.15) is 0 Å². The summed E-state index contributed by atoms with van der Waals surface area (Å²) >= 11 is 0. The van der Waals surface area contributed by atoms with Gasteiger partial charge >= 0.3 is 6.09 Å². The van der Waals surface area contributed by atoms with E-state index in [0.29, 0.717) is 5.92 Å². The van der Waals surface area contributed by atoms with Crippen molar-refractivity contribution in [1.29, 1.82) is 0 Å². The third kappa shape index (κ3) is 3.46. The molecule has 1 aromatic rings. The lowest BCUT2D eigenvalue weighted by atomic mass is 10.0. The SMILES string of the molecule is O=C(NC(c1ccccc1)C1CC1)OCCO. The van der Waals surface area contributed by atoms with Crippen molar-refractivity contribution >= 4 is 6.09 Å². The van der Waals surface area contributed by atoms with Gasteiger partial charge in [-0.3, -0.25) is 0 Å². The fraction of sp³-hybridized carbons (Fsp3) is 0.462. The van der Waals surface area contributed by atoms with E-state index in [1.807, 2.05) is 30.3 Å². The van der Waals surface area contributed by atoms with Crippen LogP contribution in [-0.4, -0.2) is 24.4 Å². The molecule has 4 heteroatoms. The number of aliphatic hydroxyl groups excluding tert-OH is 1. The molecule has 0 saturated heterocycles. The fourth-order valence-corrected chi connectivity index (χ4v) is 1.87. The number of alkyl carbamates (subject to hydrolysis) is 1. The summed E-state index contributed by atoms with van der Waals surface area (Å²) in [6.45, 7) is -0.106. The van der Waals surface area contributed by atoms with Crippen LogP contribution in [0.15, 0.2) is 30.3 Å². The van der Waals surface area contributed by atoms with E-state index in [2.05, 4.69) is 5.32 Å². The molecule has 1 atom stereocenters. The highest BCUT2D eigenvalue weighted by molar-refractivity contribution is 5.68. The van der Waals surface area contributed by atoms with Gasteiger partial charge in [0.25, 0.3) is 0 Å². The van der Waals surface area contributed by atoms with Gasteiger partial charge in [0.05, 0.1) is 12.6 Å². The van der Waals surface area contributed by atoms with Gasteiger partial charge in [-0.25, -0.2) is 4.79 Å². The van der Waals surface area contributed by atoms with Crippen LogP contribution in [0.25, 0.3) is 0 Å². The minimum Gasteiger partial charge on any atom is -0.447 e. The highest BCUT2D eigenvalue weighted by Crippen LogP contribution is 2.40. The molecule has 1 amide bonds. The monoisotopic (exact) mass is 235 g/mol. The van der Waals surface area contributed by atoms with Crippen molar-refractivity contribution in [3.63, 3.8) is 0 Å². The first-order valence-electron chi connectivity index (χ1n) is 5.90. The lowest BCUT2D eigenvalue weighted by molar-refractivity contribution is 0.115. The topological polar surface area (TPSA) is 58.6 Å². The Morgan fingerprint density at radius 1 is 1.41 bits per heavy atom. The maximum absolute atomic E-state index is 11.5. The molecule has 2 N–H and O–H groups in total. The van der Waals surface area contributed by atoms with E-state index in [-0.39, 0.29) is 19.3 Å². The number of carbonyl (C=O) groups is 1. The van der Waals surface area contributed by atoms with Gasteiger partial charge in [-0.1, -0.05) is 30.3 Å². The maximum atomic E-state index is 11.5. The van der Waals surface area contributed by atoms with E-state index in [1.54, 1.807) is 0 Å². The Balaban J connectivity index is 1.96. The van der Waals surface area contributed by atoms with Crippen LogP contribution in [0, 0.1) is 5.92 Å². The molecule has 92 valence electrons. The number of nitrogens with one attached hydrogen (secondary N) is 1. The molecule has 1 unspecified atom stereocenters. The molecule has 1 saturated carbocycles. The standard InChI is InChI=1S/C13H17NO3/c15-8-9-17-13(16)14-12(11-6-7-11)10-4-2-1-3-5-10/h1-5,11-12,15H,6-9H2,(H,14,16). The molecule has 2 rings (SSSR count). The maximum Gasteiger partial charge on any atom is 0.407 e. The first-order valence-corrected chi connectivity index (χ1v) is 5.90. The van der Waals surface area contributed by atoms with E-state index in [9.17, 15) is 4.79 Å². The number of ether oxygens (including phenoxy) is 1. The van der Waals surface area contributed by atoms with Crippen molar-refractivity contribution < 1.29 is 14.6 Å². The Morgan fingerprint density at radius 3 is 2.71 bits per heavy atom. The van der Waals surface area contributed by atoms with Gasteiger partial charge in [-0.15, -0.1) is 0 Å². The Bertz CT molecular complexity index is 362. The van der Waals surface area contributed by atoms with Crippen molar-refractivity contribution in [2.24, 2.45) is 5.92 Å². The highest BCUT2D eigenvalue weighted by Gasteiger charge is 2.33. The summed E-state index contributed by atoms with van der Waals surface area (Å²) in [6.07, 6.45) is 1.82. The number of rotatable bonds is 5. The van der Waals surface area contributed by atoms with Gasteiger partial charge in [-0.05, 0) is 24.3 Å². The second-order valence-electron chi connectivity index (χ2n) is 4.23. The van der Waals surface area contributed by atoms with Crippen LogP contribution in [0.1, 0.15) is 24.4 Å². The summed E-state index contributed by atoms with van der Waals surface area (Å²) < 4.78 is 4.82. The van der Waals surface area contributed by atoms with E-state index in [0.717, 1.165) is 18.4 Å². The molecular formula is C13H17NO3. The highest BCUT2D eigenvalue weighted by atomic mass is 16.6. The van der Waals surface area contributed by atoms with Crippen LogP contribution in [0.3, 0.4) is 0 Å². The van der Waals surface area contributed by atoms with Crippen LogP contribution in [0.2, 0.25) is 0 Å². The molecule has 0 aliphatic heterocycles. The quantitative estimate of drug-likeness (QED) is 0.819. The molecule has 1 fully saturated rings. The second kappa shape index (κ2) is 5.68. The first kappa shape index (κ1) is 11.9. The van der Waals surface area contributed by atoms with Crippen molar-refractivity contribution in [3.05, 3.63) is 35.9 Å². The number of aliphatic hydroxyl groups is 1. The molecule has 1 aromatic carbocycles. The number of carbonyl (C=O) groups excluding carboxylic acids is 1. The van der Waals surface area contributed by atoms with Crippen molar-refractivity contribution in [3.8, 4) is 0 Å². The average Bonchev–Trinajstić information content (AvgIpc) is 3.19. The molecule has 4 nitrogen and oxygen atoms in total. The third-order valence-corrected chi connectivity index (χ3v) is 2.85.